The summed E-state index contributed by atoms with van der Waals surface area (Å²) in [7, 11) is 0. The van der Waals surface area contributed by atoms with Crippen LogP contribution in [-0.4, -0.2) is 10.1 Å². The van der Waals surface area contributed by atoms with Crippen LogP contribution in [0.3, 0.4) is 0 Å². The van der Waals surface area contributed by atoms with Crippen molar-refractivity contribution in [1.29, 1.82) is 0 Å². The summed E-state index contributed by atoms with van der Waals surface area (Å²) in [4.78, 5) is 4.49. The average Bonchev–Trinajstić information content (AvgIpc) is 2.58. The van der Waals surface area contributed by atoms with E-state index in [4.69, 9.17) is 0 Å². The lowest BCUT2D eigenvalue weighted by Gasteiger charge is -2.29. The number of pyridine rings is 1. The predicted octanol–water partition coefficient (Wildman–Crippen LogP) is 3.88. The average molecular weight is 255 g/mol. The van der Waals surface area contributed by atoms with Crippen molar-refractivity contribution in [3.05, 3.63) is 42.1 Å². The second-order valence-corrected chi connectivity index (χ2v) is 6.79. The van der Waals surface area contributed by atoms with Crippen LogP contribution in [0.5, 0.6) is 0 Å². The normalized spacial score (nSPS) is 29.8. The largest absolute Gasteiger partial charge is 0.385 e. The molecule has 1 N–H and O–H groups in total. The molecule has 2 unspecified atom stereocenters. The monoisotopic (exact) mass is 255 g/mol. The fraction of sp³-hybridized carbons (Fsp3) is 0.471. The first kappa shape index (κ1) is 12.6. The molecule has 1 saturated carbocycles. The Labute approximate surface area is 114 Å². The summed E-state index contributed by atoms with van der Waals surface area (Å²) in [6, 6.07) is 10.2. The topological polar surface area (TPSA) is 33.1 Å². The molecule has 2 aromatic rings. The molecular formula is C17H21NO. The van der Waals surface area contributed by atoms with Crippen LogP contribution in [0.25, 0.3) is 10.9 Å². The van der Waals surface area contributed by atoms with Gasteiger partial charge >= 0.3 is 0 Å². The number of nitrogens with zero attached hydrogens (tertiary/aromatic N) is 1. The van der Waals surface area contributed by atoms with Crippen LogP contribution in [0.1, 0.15) is 39.2 Å². The minimum absolute atomic E-state index is 0.194. The van der Waals surface area contributed by atoms with E-state index in [1.165, 1.54) is 0 Å². The smallest absolute Gasteiger partial charge is 0.0942 e. The Morgan fingerprint density at radius 1 is 1.26 bits per heavy atom. The molecule has 19 heavy (non-hydrogen) atoms. The van der Waals surface area contributed by atoms with Crippen LogP contribution in [0, 0.1) is 11.3 Å². The quantitative estimate of drug-likeness (QED) is 0.839. The van der Waals surface area contributed by atoms with Gasteiger partial charge in [-0.3, -0.25) is 4.98 Å². The van der Waals surface area contributed by atoms with Crippen molar-refractivity contribution in [2.45, 2.75) is 39.2 Å². The van der Waals surface area contributed by atoms with Crippen LogP contribution < -0.4 is 0 Å². The van der Waals surface area contributed by atoms with Crippen molar-refractivity contribution in [3.8, 4) is 0 Å². The van der Waals surface area contributed by atoms with E-state index in [1.54, 1.807) is 0 Å². The molecule has 2 atom stereocenters. The molecule has 0 saturated heterocycles. The summed E-state index contributed by atoms with van der Waals surface area (Å²) >= 11 is 0. The zero-order valence-corrected chi connectivity index (χ0v) is 11.9. The molecule has 0 amide bonds. The summed E-state index contributed by atoms with van der Waals surface area (Å²) in [5.74, 6) is 0.269. The van der Waals surface area contributed by atoms with Gasteiger partial charge in [-0.25, -0.2) is 0 Å². The number of benzene rings is 1. The van der Waals surface area contributed by atoms with Crippen molar-refractivity contribution in [1.82, 2.24) is 4.98 Å². The third-order valence-electron chi connectivity index (χ3n) is 4.51. The van der Waals surface area contributed by atoms with Crippen molar-refractivity contribution < 1.29 is 5.11 Å². The Bertz CT molecular complexity index is 619. The number of aromatic nitrogens is 1. The maximum absolute atomic E-state index is 11.1. The number of hydrogen-bond acceptors (Lipinski definition) is 2. The second kappa shape index (κ2) is 4.04. The maximum atomic E-state index is 11.1. The van der Waals surface area contributed by atoms with Gasteiger partial charge in [-0.2, -0.15) is 0 Å². The minimum atomic E-state index is -0.736. The Balaban J connectivity index is 2.09. The third-order valence-corrected chi connectivity index (χ3v) is 4.51. The molecule has 0 bridgehead atoms. The number of aliphatic hydroxyl groups is 1. The second-order valence-electron chi connectivity index (χ2n) is 6.79. The van der Waals surface area contributed by atoms with Crippen molar-refractivity contribution in [2.24, 2.45) is 11.3 Å². The predicted molar refractivity (Wildman–Crippen MR) is 77.8 cm³/mol. The highest BCUT2D eigenvalue weighted by Gasteiger charge is 2.48. The van der Waals surface area contributed by atoms with Gasteiger partial charge in [-0.05, 0) is 36.3 Å². The van der Waals surface area contributed by atoms with Crippen molar-refractivity contribution in [3.63, 3.8) is 0 Å². The van der Waals surface area contributed by atoms with Gasteiger partial charge in [0.15, 0.2) is 0 Å². The van der Waals surface area contributed by atoms with Gasteiger partial charge in [0.25, 0.3) is 0 Å². The highest BCUT2D eigenvalue weighted by Crippen LogP contribution is 2.52. The van der Waals surface area contributed by atoms with Crippen LogP contribution in [0.4, 0.5) is 0 Å². The summed E-state index contributed by atoms with van der Waals surface area (Å²) in [6.07, 6.45) is 3.71. The van der Waals surface area contributed by atoms with Gasteiger partial charge < -0.3 is 5.11 Å². The lowest BCUT2D eigenvalue weighted by atomic mass is 9.84. The van der Waals surface area contributed by atoms with E-state index in [0.717, 1.165) is 29.3 Å². The van der Waals surface area contributed by atoms with Crippen LogP contribution >= 0.6 is 0 Å². The molecule has 100 valence electrons. The molecule has 1 aliphatic carbocycles. The molecule has 1 aromatic heterocycles. The van der Waals surface area contributed by atoms with Crippen molar-refractivity contribution in [2.75, 3.05) is 0 Å². The first-order chi connectivity index (χ1) is 8.91. The highest BCUT2D eigenvalue weighted by atomic mass is 16.3. The van der Waals surface area contributed by atoms with Gasteiger partial charge in [0.1, 0.15) is 0 Å². The standard InChI is InChI=1S/C17H21NO/c1-12-9-16(2,3)11-17(12,19)14-8-13-6-4-5-7-15(13)18-10-14/h4-8,10,12,19H,9,11H2,1-3H3. The van der Waals surface area contributed by atoms with E-state index in [1.807, 2.05) is 24.4 Å². The van der Waals surface area contributed by atoms with E-state index >= 15 is 0 Å². The Morgan fingerprint density at radius 3 is 2.68 bits per heavy atom. The number of rotatable bonds is 1. The maximum Gasteiger partial charge on any atom is 0.0942 e. The summed E-state index contributed by atoms with van der Waals surface area (Å²) < 4.78 is 0. The SMILES string of the molecule is CC1CC(C)(C)CC1(O)c1cnc2ccccc2c1. The number of fused-ring (bicyclic) bond motifs is 1. The van der Waals surface area contributed by atoms with Gasteiger partial charge in [0.2, 0.25) is 0 Å². The fourth-order valence-electron chi connectivity index (χ4n) is 3.67. The van der Waals surface area contributed by atoms with E-state index in [9.17, 15) is 5.11 Å². The number of para-hydroxylation sites is 1. The Morgan fingerprint density at radius 2 is 2.00 bits per heavy atom. The third kappa shape index (κ3) is 2.04. The van der Waals surface area contributed by atoms with E-state index in [-0.39, 0.29) is 11.3 Å². The summed E-state index contributed by atoms with van der Waals surface area (Å²) in [6.45, 7) is 6.61. The zero-order chi connectivity index (χ0) is 13.7. The van der Waals surface area contributed by atoms with E-state index < -0.39 is 5.60 Å². The molecule has 1 fully saturated rings. The summed E-state index contributed by atoms with van der Waals surface area (Å²) in [5.41, 5.74) is 1.41. The van der Waals surface area contributed by atoms with Crippen LogP contribution in [0.2, 0.25) is 0 Å². The molecular weight excluding hydrogens is 234 g/mol. The molecule has 1 heterocycles. The summed E-state index contributed by atoms with van der Waals surface area (Å²) in [5, 5.41) is 12.2. The molecule has 2 nitrogen and oxygen atoms in total. The lowest BCUT2D eigenvalue weighted by Crippen LogP contribution is -2.29. The number of hydrogen-bond donors (Lipinski definition) is 1. The van der Waals surface area contributed by atoms with Gasteiger partial charge in [0, 0.05) is 17.1 Å². The molecule has 2 heteroatoms. The molecule has 1 aromatic carbocycles. The fourth-order valence-corrected chi connectivity index (χ4v) is 3.67. The highest BCUT2D eigenvalue weighted by molar-refractivity contribution is 5.78. The van der Waals surface area contributed by atoms with Gasteiger partial charge in [-0.1, -0.05) is 39.0 Å². The zero-order valence-electron chi connectivity index (χ0n) is 11.9. The van der Waals surface area contributed by atoms with Gasteiger partial charge in [0.05, 0.1) is 11.1 Å². The van der Waals surface area contributed by atoms with E-state index in [2.05, 4.69) is 37.9 Å². The minimum Gasteiger partial charge on any atom is -0.385 e. The van der Waals surface area contributed by atoms with Crippen LogP contribution in [-0.2, 0) is 5.60 Å². The lowest BCUT2D eigenvalue weighted by molar-refractivity contribution is -0.00100. The molecule has 0 radical (unpaired) electrons. The van der Waals surface area contributed by atoms with Gasteiger partial charge in [-0.15, -0.1) is 0 Å². The first-order valence-corrected chi connectivity index (χ1v) is 6.98. The molecule has 1 aliphatic rings. The molecule has 3 rings (SSSR count). The Hall–Kier alpha value is -1.41. The van der Waals surface area contributed by atoms with Crippen LogP contribution in [0.15, 0.2) is 36.5 Å². The Kier molecular flexibility index (Phi) is 2.68. The molecule has 0 spiro atoms. The first-order valence-electron chi connectivity index (χ1n) is 6.98. The van der Waals surface area contributed by atoms with E-state index in [0.29, 0.717) is 0 Å². The van der Waals surface area contributed by atoms with Crippen molar-refractivity contribution >= 4 is 10.9 Å². The molecule has 0 aliphatic heterocycles.